The number of nitrogens with zero attached hydrogens (tertiary/aromatic N) is 10. The monoisotopic (exact) mass is 376 g/mol. The zero-order valence-electron chi connectivity index (χ0n) is 15.8. The minimum atomic E-state index is 0.728. The fourth-order valence-corrected chi connectivity index (χ4v) is 3.58. The number of piperazine rings is 1. The molecule has 4 aromatic heterocycles. The summed E-state index contributed by atoms with van der Waals surface area (Å²) in [5, 5.41) is 8.79. The van der Waals surface area contributed by atoms with E-state index in [2.05, 4.69) is 39.9 Å². The molecular formula is C18H20N10. The van der Waals surface area contributed by atoms with Gasteiger partial charge in [0.25, 0.3) is 0 Å². The van der Waals surface area contributed by atoms with Crippen LogP contribution in [0, 0.1) is 6.92 Å². The fraction of sp³-hybridized carbons (Fsp3) is 0.333. The molecule has 0 N–H and O–H groups in total. The predicted molar refractivity (Wildman–Crippen MR) is 105 cm³/mol. The molecule has 0 saturated carbocycles. The lowest BCUT2D eigenvalue weighted by atomic mass is 10.3. The Morgan fingerprint density at radius 1 is 0.857 bits per heavy atom. The van der Waals surface area contributed by atoms with Crippen molar-refractivity contribution >= 4 is 22.8 Å². The number of aromatic nitrogens is 8. The summed E-state index contributed by atoms with van der Waals surface area (Å²) in [6, 6.07) is 3.99. The van der Waals surface area contributed by atoms with Crippen molar-refractivity contribution in [3.63, 3.8) is 0 Å². The van der Waals surface area contributed by atoms with Crippen LogP contribution in [-0.2, 0) is 7.05 Å². The van der Waals surface area contributed by atoms with E-state index in [1.165, 1.54) is 0 Å². The highest BCUT2D eigenvalue weighted by molar-refractivity contribution is 5.83. The molecule has 0 radical (unpaired) electrons. The summed E-state index contributed by atoms with van der Waals surface area (Å²) in [7, 11) is 1.97. The quantitative estimate of drug-likeness (QED) is 0.522. The van der Waals surface area contributed by atoms with Crippen LogP contribution in [0.2, 0.25) is 0 Å². The molecule has 5 heterocycles. The zero-order chi connectivity index (χ0) is 19.1. The summed E-state index contributed by atoms with van der Waals surface area (Å²) < 4.78 is 3.89. The largest absolute Gasteiger partial charge is 0.352 e. The molecule has 0 bridgehead atoms. The second kappa shape index (κ2) is 6.55. The number of anilines is 2. The van der Waals surface area contributed by atoms with E-state index in [1.807, 2.05) is 41.4 Å². The molecule has 0 spiro atoms. The van der Waals surface area contributed by atoms with E-state index in [1.54, 1.807) is 18.9 Å². The van der Waals surface area contributed by atoms with Gasteiger partial charge in [0, 0.05) is 45.6 Å². The topological polar surface area (TPSA) is 93.7 Å². The Labute approximate surface area is 161 Å². The molecule has 28 heavy (non-hydrogen) atoms. The van der Waals surface area contributed by atoms with Crippen molar-refractivity contribution in [2.45, 2.75) is 6.92 Å². The van der Waals surface area contributed by atoms with Gasteiger partial charge in [0.1, 0.15) is 17.7 Å². The van der Waals surface area contributed by atoms with E-state index >= 15 is 0 Å². The van der Waals surface area contributed by atoms with Crippen molar-refractivity contribution in [3.05, 3.63) is 43.0 Å². The van der Waals surface area contributed by atoms with Crippen LogP contribution >= 0.6 is 0 Å². The summed E-state index contributed by atoms with van der Waals surface area (Å²) in [4.78, 5) is 21.8. The lowest BCUT2D eigenvalue weighted by molar-refractivity contribution is 0.637. The molecule has 0 atom stereocenters. The maximum atomic E-state index is 4.51. The summed E-state index contributed by atoms with van der Waals surface area (Å²) in [6.45, 7) is 5.34. The van der Waals surface area contributed by atoms with Gasteiger partial charge in [0.2, 0.25) is 0 Å². The minimum Gasteiger partial charge on any atom is -0.352 e. The average molecular weight is 376 g/mol. The van der Waals surface area contributed by atoms with Gasteiger partial charge >= 0.3 is 0 Å². The number of aryl methyl sites for hydroxylation is 2. The van der Waals surface area contributed by atoms with E-state index in [-0.39, 0.29) is 0 Å². The second-order valence-electron chi connectivity index (χ2n) is 6.79. The van der Waals surface area contributed by atoms with E-state index in [4.69, 9.17) is 0 Å². The van der Waals surface area contributed by atoms with Crippen molar-refractivity contribution in [2.75, 3.05) is 36.0 Å². The Balaban J connectivity index is 1.32. The molecular weight excluding hydrogens is 356 g/mol. The number of hydrogen-bond donors (Lipinski definition) is 0. The molecule has 1 fully saturated rings. The van der Waals surface area contributed by atoms with Crippen LogP contribution in [0.5, 0.6) is 0 Å². The first-order valence-corrected chi connectivity index (χ1v) is 9.17. The van der Waals surface area contributed by atoms with Crippen LogP contribution in [0.4, 0.5) is 11.6 Å². The fourth-order valence-electron chi connectivity index (χ4n) is 3.58. The Hall–Kier alpha value is -3.56. The van der Waals surface area contributed by atoms with Gasteiger partial charge in [-0.3, -0.25) is 4.57 Å². The van der Waals surface area contributed by atoms with Crippen molar-refractivity contribution in [1.82, 2.24) is 39.3 Å². The normalized spacial score (nSPS) is 14.8. The Morgan fingerprint density at radius 2 is 1.61 bits per heavy atom. The molecule has 5 rings (SSSR count). The highest BCUT2D eigenvalue weighted by Gasteiger charge is 2.22. The van der Waals surface area contributed by atoms with Crippen LogP contribution < -0.4 is 9.80 Å². The highest BCUT2D eigenvalue weighted by Crippen LogP contribution is 2.24. The van der Waals surface area contributed by atoms with E-state index in [9.17, 15) is 0 Å². The van der Waals surface area contributed by atoms with Crippen molar-refractivity contribution in [1.29, 1.82) is 0 Å². The Bertz CT molecular complexity index is 1110. The maximum Gasteiger partial charge on any atom is 0.182 e. The van der Waals surface area contributed by atoms with E-state index < -0.39 is 0 Å². The van der Waals surface area contributed by atoms with Gasteiger partial charge < -0.3 is 14.4 Å². The summed E-state index contributed by atoms with van der Waals surface area (Å²) in [6.07, 6.45) is 7.01. The number of hydrogen-bond acceptors (Lipinski definition) is 8. The molecule has 10 heteroatoms. The Morgan fingerprint density at radius 3 is 2.32 bits per heavy atom. The third-order valence-corrected chi connectivity index (χ3v) is 5.10. The van der Waals surface area contributed by atoms with Gasteiger partial charge in [-0.15, -0.1) is 10.2 Å². The smallest absolute Gasteiger partial charge is 0.182 e. The second-order valence-corrected chi connectivity index (χ2v) is 6.79. The minimum absolute atomic E-state index is 0.728. The van der Waals surface area contributed by atoms with Gasteiger partial charge in [-0.05, 0) is 19.1 Å². The van der Waals surface area contributed by atoms with Crippen molar-refractivity contribution in [3.8, 4) is 5.82 Å². The standard InChI is InChI=1S/C18H20N10/c1-13-19-5-6-28(13)15-4-3-14(23-24-15)26-7-9-27(10-8-26)18-16-17(20-11-21-18)22-12-25(16)2/h3-6,11-12H,7-10H2,1-2H3. The van der Waals surface area contributed by atoms with Crippen LogP contribution in [-0.4, -0.2) is 65.4 Å². The van der Waals surface area contributed by atoms with Gasteiger partial charge in [-0.2, -0.15) is 0 Å². The first-order valence-electron chi connectivity index (χ1n) is 9.17. The lowest BCUT2D eigenvalue weighted by Gasteiger charge is -2.35. The lowest BCUT2D eigenvalue weighted by Crippen LogP contribution is -2.47. The Kier molecular flexibility index (Phi) is 3.89. The first kappa shape index (κ1) is 16.6. The number of imidazole rings is 2. The third kappa shape index (κ3) is 2.73. The predicted octanol–water partition coefficient (Wildman–Crippen LogP) is 0.974. The molecule has 0 aliphatic carbocycles. The van der Waals surface area contributed by atoms with Crippen molar-refractivity contribution in [2.24, 2.45) is 7.05 Å². The summed E-state index contributed by atoms with van der Waals surface area (Å²) in [5.74, 6) is 3.48. The van der Waals surface area contributed by atoms with Crippen LogP contribution in [0.15, 0.2) is 37.2 Å². The molecule has 0 unspecified atom stereocenters. The highest BCUT2D eigenvalue weighted by atomic mass is 15.3. The summed E-state index contributed by atoms with van der Waals surface area (Å²) >= 11 is 0. The van der Waals surface area contributed by atoms with Gasteiger partial charge in [0.15, 0.2) is 23.1 Å². The molecule has 0 aromatic carbocycles. The van der Waals surface area contributed by atoms with Crippen LogP contribution in [0.1, 0.15) is 5.82 Å². The van der Waals surface area contributed by atoms with Gasteiger partial charge in [-0.1, -0.05) is 0 Å². The van der Waals surface area contributed by atoms with E-state index in [0.717, 1.165) is 60.6 Å². The number of fused-ring (bicyclic) bond motifs is 1. The summed E-state index contributed by atoms with van der Waals surface area (Å²) in [5.41, 5.74) is 1.70. The average Bonchev–Trinajstić information content (AvgIpc) is 3.34. The van der Waals surface area contributed by atoms with Crippen LogP contribution in [0.25, 0.3) is 17.0 Å². The molecule has 142 valence electrons. The number of rotatable bonds is 3. The molecule has 1 saturated heterocycles. The zero-order valence-corrected chi connectivity index (χ0v) is 15.8. The molecule has 0 amide bonds. The molecule has 1 aliphatic heterocycles. The molecule has 10 nitrogen and oxygen atoms in total. The molecule has 1 aliphatic rings. The maximum absolute atomic E-state index is 4.51. The van der Waals surface area contributed by atoms with Gasteiger partial charge in [0.05, 0.1) is 6.33 Å². The van der Waals surface area contributed by atoms with E-state index in [0.29, 0.717) is 0 Å². The van der Waals surface area contributed by atoms with Crippen molar-refractivity contribution < 1.29 is 0 Å². The third-order valence-electron chi connectivity index (χ3n) is 5.10. The van der Waals surface area contributed by atoms with Crippen LogP contribution in [0.3, 0.4) is 0 Å². The molecule has 4 aromatic rings. The van der Waals surface area contributed by atoms with Gasteiger partial charge in [-0.25, -0.2) is 19.9 Å². The first-order chi connectivity index (χ1) is 13.7. The SMILES string of the molecule is Cc1nccn1-c1ccc(N2CCN(c3ncnc4ncn(C)c34)CC2)nn1.